The molecule has 2 fully saturated rings. The minimum atomic E-state index is -0.437. The van der Waals surface area contributed by atoms with Gasteiger partial charge in [-0.25, -0.2) is 19.2 Å². The molecule has 0 saturated carbocycles. The molecule has 1 aromatic heterocycles. The summed E-state index contributed by atoms with van der Waals surface area (Å²) in [6, 6.07) is 4.72. The fraction of sp³-hybridized carbons (Fsp3) is 0.450. The SMILES string of the molecule is CC[C@H]1CN(c2ccc(-c3cnc(N4CCCOCC4)nc3)c(F)c2)C(=O)O1. The van der Waals surface area contributed by atoms with Crippen LogP contribution in [-0.2, 0) is 9.47 Å². The second kappa shape index (κ2) is 8.10. The molecular weight excluding hydrogens is 363 g/mol. The third-order valence-electron chi connectivity index (χ3n) is 5.05. The van der Waals surface area contributed by atoms with Gasteiger partial charge in [0.1, 0.15) is 11.9 Å². The lowest BCUT2D eigenvalue weighted by atomic mass is 10.1. The van der Waals surface area contributed by atoms with Crippen LogP contribution in [0.25, 0.3) is 11.1 Å². The molecule has 7 nitrogen and oxygen atoms in total. The van der Waals surface area contributed by atoms with E-state index in [2.05, 4.69) is 14.9 Å². The van der Waals surface area contributed by atoms with Gasteiger partial charge in [-0.3, -0.25) is 4.90 Å². The standard InChI is InChI=1S/C20H23FN4O3/c1-2-16-13-25(20(26)28-16)15-4-5-17(18(21)10-15)14-11-22-19(23-12-14)24-6-3-8-27-9-7-24/h4-5,10-12,16H,2-3,6-9,13H2,1H3/t16-/m0/s1. The highest BCUT2D eigenvalue weighted by atomic mass is 19.1. The normalized spacial score (nSPS) is 20.2. The van der Waals surface area contributed by atoms with Crippen LogP contribution in [0.15, 0.2) is 30.6 Å². The minimum absolute atomic E-state index is 0.152. The first-order valence-corrected chi connectivity index (χ1v) is 9.58. The van der Waals surface area contributed by atoms with Gasteiger partial charge in [-0.15, -0.1) is 0 Å². The highest BCUT2D eigenvalue weighted by molar-refractivity contribution is 5.90. The molecule has 0 unspecified atom stereocenters. The number of carbonyl (C=O) groups excluding carboxylic acids is 1. The zero-order valence-corrected chi connectivity index (χ0v) is 15.8. The van der Waals surface area contributed by atoms with Gasteiger partial charge in [0.15, 0.2) is 0 Å². The molecule has 2 saturated heterocycles. The van der Waals surface area contributed by atoms with Crippen molar-refractivity contribution in [3.05, 3.63) is 36.4 Å². The Kier molecular flexibility index (Phi) is 5.38. The van der Waals surface area contributed by atoms with Gasteiger partial charge < -0.3 is 14.4 Å². The van der Waals surface area contributed by atoms with Gasteiger partial charge in [0.05, 0.1) is 18.8 Å². The van der Waals surface area contributed by atoms with Crippen LogP contribution in [0, 0.1) is 5.82 Å². The van der Waals surface area contributed by atoms with Crippen LogP contribution in [-0.4, -0.2) is 55.0 Å². The number of hydrogen-bond donors (Lipinski definition) is 0. The average Bonchev–Trinajstić information content (AvgIpc) is 2.91. The van der Waals surface area contributed by atoms with Gasteiger partial charge in [-0.2, -0.15) is 0 Å². The molecule has 3 heterocycles. The average molecular weight is 386 g/mol. The number of cyclic esters (lactones) is 1. The van der Waals surface area contributed by atoms with E-state index in [4.69, 9.17) is 9.47 Å². The van der Waals surface area contributed by atoms with Crippen molar-refractivity contribution in [1.82, 2.24) is 9.97 Å². The van der Waals surface area contributed by atoms with Crippen molar-refractivity contribution in [1.29, 1.82) is 0 Å². The van der Waals surface area contributed by atoms with Crippen LogP contribution >= 0.6 is 0 Å². The number of halogens is 1. The van der Waals surface area contributed by atoms with E-state index >= 15 is 0 Å². The van der Waals surface area contributed by atoms with E-state index in [0.717, 1.165) is 32.5 Å². The zero-order valence-electron chi connectivity index (χ0n) is 15.8. The van der Waals surface area contributed by atoms with Gasteiger partial charge in [-0.05, 0) is 31.0 Å². The summed E-state index contributed by atoms with van der Waals surface area (Å²) in [4.78, 5) is 24.3. The van der Waals surface area contributed by atoms with Crippen molar-refractivity contribution >= 4 is 17.7 Å². The molecule has 8 heteroatoms. The first-order chi connectivity index (χ1) is 13.7. The summed E-state index contributed by atoms with van der Waals surface area (Å²) in [6.45, 7) is 5.37. The maximum absolute atomic E-state index is 14.7. The summed E-state index contributed by atoms with van der Waals surface area (Å²) in [7, 11) is 0. The molecule has 0 spiro atoms. The van der Waals surface area contributed by atoms with Crippen molar-refractivity contribution in [2.45, 2.75) is 25.9 Å². The van der Waals surface area contributed by atoms with Crippen molar-refractivity contribution in [3.8, 4) is 11.1 Å². The Bertz CT molecular complexity index is 838. The van der Waals surface area contributed by atoms with Crippen molar-refractivity contribution in [2.24, 2.45) is 0 Å². The fourth-order valence-corrected chi connectivity index (χ4v) is 3.42. The Hall–Kier alpha value is -2.74. The van der Waals surface area contributed by atoms with E-state index in [-0.39, 0.29) is 6.10 Å². The molecule has 0 bridgehead atoms. The van der Waals surface area contributed by atoms with Crippen molar-refractivity contribution in [2.75, 3.05) is 42.6 Å². The van der Waals surface area contributed by atoms with E-state index in [1.54, 1.807) is 24.5 Å². The molecule has 1 amide bonds. The lowest BCUT2D eigenvalue weighted by Gasteiger charge is -2.19. The molecular formula is C20H23FN4O3. The molecule has 1 aromatic carbocycles. The fourth-order valence-electron chi connectivity index (χ4n) is 3.42. The molecule has 2 aliphatic rings. The number of benzene rings is 1. The highest BCUT2D eigenvalue weighted by Gasteiger charge is 2.31. The van der Waals surface area contributed by atoms with Gasteiger partial charge in [0.25, 0.3) is 0 Å². The molecule has 148 valence electrons. The monoisotopic (exact) mass is 386 g/mol. The summed E-state index contributed by atoms with van der Waals surface area (Å²) in [5.41, 5.74) is 1.48. The van der Waals surface area contributed by atoms with E-state index in [0.29, 0.717) is 35.9 Å². The second-order valence-electron chi connectivity index (χ2n) is 6.91. The van der Waals surface area contributed by atoms with Crippen LogP contribution in [0.5, 0.6) is 0 Å². The van der Waals surface area contributed by atoms with Crippen molar-refractivity contribution in [3.63, 3.8) is 0 Å². The molecule has 1 atom stereocenters. The van der Waals surface area contributed by atoms with E-state index in [1.807, 2.05) is 6.92 Å². The summed E-state index contributed by atoms with van der Waals surface area (Å²) in [5.74, 6) is 0.196. The Labute approximate surface area is 163 Å². The molecule has 0 aliphatic carbocycles. The lowest BCUT2D eigenvalue weighted by Crippen LogP contribution is -2.27. The topological polar surface area (TPSA) is 67.8 Å². The third kappa shape index (κ3) is 3.77. The van der Waals surface area contributed by atoms with Gasteiger partial charge in [0.2, 0.25) is 5.95 Å². The Balaban J connectivity index is 1.52. The minimum Gasteiger partial charge on any atom is -0.444 e. The predicted octanol–water partition coefficient (Wildman–Crippen LogP) is 3.24. The Morgan fingerprint density at radius 3 is 2.75 bits per heavy atom. The smallest absolute Gasteiger partial charge is 0.414 e. The quantitative estimate of drug-likeness (QED) is 0.804. The van der Waals surface area contributed by atoms with E-state index < -0.39 is 11.9 Å². The Morgan fingerprint density at radius 1 is 1.21 bits per heavy atom. The molecule has 2 aromatic rings. The zero-order chi connectivity index (χ0) is 19.5. The molecule has 2 aliphatic heterocycles. The summed E-state index contributed by atoms with van der Waals surface area (Å²) < 4.78 is 25.4. The summed E-state index contributed by atoms with van der Waals surface area (Å²) in [6.07, 6.45) is 4.33. The number of rotatable bonds is 4. The molecule has 28 heavy (non-hydrogen) atoms. The largest absolute Gasteiger partial charge is 0.444 e. The van der Waals surface area contributed by atoms with Gasteiger partial charge in [-0.1, -0.05) is 6.92 Å². The van der Waals surface area contributed by atoms with Crippen LogP contribution in [0.4, 0.5) is 20.8 Å². The van der Waals surface area contributed by atoms with Crippen molar-refractivity contribution < 1.29 is 18.7 Å². The van der Waals surface area contributed by atoms with E-state index in [1.165, 1.54) is 11.0 Å². The Morgan fingerprint density at radius 2 is 2.04 bits per heavy atom. The number of hydrogen-bond acceptors (Lipinski definition) is 6. The maximum Gasteiger partial charge on any atom is 0.414 e. The van der Waals surface area contributed by atoms with Gasteiger partial charge >= 0.3 is 6.09 Å². The molecule has 0 N–H and O–H groups in total. The summed E-state index contributed by atoms with van der Waals surface area (Å²) >= 11 is 0. The first kappa shape index (κ1) is 18.6. The number of nitrogens with zero attached hydrogens (tertiary/aromatic N) is 4. The summed E-state index contributed by atoms with van der Waals surface area (Å²) in [5, 5.41) is 0. The van der Waals surface area contributed by atoms with Crippen LogP contribution in [0.2, 0.25) is 0 Å². The van der Waals surface area contributed by atoms with Crippen LogP contribution < -0.4 is 9.80 Å². The van der Waals surface area contributed by atoms with Gasteiger partial charge in [0, 0.05) is 43.2 Å². The number of carbonyl (C=O) groups is 1. The molecule has 4 rings (SSSR count). The number of aromatic nitrogens is 2. The number of anilines is 2. The second-order valence-corrected chi connectivity index (χ2v) is 6.91. The third-order valence-corrected chi connectivity index (χ3v) is 5.05. The number of amides is 1. The number of ether oxygens (including phenoxy) is 2. The first-order valence-electron chi connectivity index (χ1n) is 9.58. The molecule has 0 radical (unpaired) electrons. The lowest BCUT2D eigenvalue weighted by molar-refractivity contribution is 0.139. The predicted molar refractivity (Wildman–Crippen MR) is 103 cm³/mol. The van der Waals surface area contributed by atoms with Crippen LogP contribution in [0.1, 0.15) is 19.8 Å². The van der Waals surface area contributed by atoms with E-state index in [9.17, 15) is 9.18 Å². The maximum atomic E-state index is 14.7. The van der Waals surface area contributed by atoms with Crippen LogP contribution in [0.3, 0.4) is 0 Å². The highest BCUT2D eigenvalue weighted by Crippen LogP contribution is 2.29.